The molecule has 1 aliphatic heterocycles. The van der Waals surface area contributed by atoms with Gasteiger partial charge in [0.25, 0.3) is 0 Å². The molecule has 1 aromatic heterocycles. The van der Waals surface area contributed by atoms with Gasteiger partial charge < -0.3 is 5.32 Å². The summed E-state index contributed by atoms with van der Waals surface area (Å²) in [5.41, 5.74) is 5.07. The highest BCUT2D eigenvalue weighted by atomic mass is 79.9. The Balaban J connectivity index is 2.07. The van der Waals surface area contributed by atoms with Crippen LogP contribution in [0.2, 0.25) is 0 Å². The number of piperidine rings is 1. The Labute approximate surface area is 128 Å². The largest absolute Gasteiger partial charge is 0.316 e. The van der Waals surface area contributed by atoms with E-state index in [9.17, 15) is 0 Å². The Hall–Kier alpha value is -1.13. The molecule has 1 saturated heterocycles. The average molecular weight is 334 g/mol. The smallest absolute Gasteiger partial charge is 0.0675 e. The van der Waals surface area contributed by atoms with Gasteiger partial charge in [-0.1, -0.05) is 28.1 Å². The predicted octanol–water partition coefficient (Wildman–Crippen LogP) is 3.63. The van der Waals surface area contributed by atoms with Gasteiger partial charge in [-0.05, 0) is 44.0 Å². The SMILES string of the molecule is Cc1nn(C)c(C2CCCNC2)c1-c1ccc(Br)cc1. The van der Waals surface area contributed by atoms with E-state index in [4.69, 9.17) is 0 Å². The molecule has 0 radical (unpaired) electrons. The summed E-state index contributed by atoms with van der Waals surface area (Å²) in [4.78, 5) is 0. The van der Waals surface area contributed by atoms with Crippen molar-refractivity contribution in [2.24, 2.45) is 7.05 Å². The fraction of sp³-hybridized carbons (Fsp3) is 0.438. The predicted molar refractivity (Wildman–Crippen MR) is 85.9 cm³/mol. The number of hydrogen-bond acceptors (Lipinski definition) is 2. The van der Waals surface area contributed by atoms with Crippen LogP contribution in [0.15, 0.2) is 28.7 Å². The fourth-order valence-electron chi connectivity index (χ4n) is 3.20. The summed E-state index contributed by atoms with van der Waals surface area (Å²) in [5.74, 6) is 0.564. The van der Waals surface area contributed by atoms with Crippen LogP contribution in [0, 0.1) is 6.92 Å². The number of rotatable bonds is 2. The molecule has 0 saturated carbocycles. The number of nitrogens with zero attached hydrogens (tertiary/aromatic N) is 2. The van der Waals surface area contributed by atoms with Gasteiger partial charge in [0, 0.05) is 29.5 Å². The molecule has 0 amide bonds. The summed E-state index contributed by atoms with van der Waals surface area (Å²) in [6, 6.07) is 8.55. The third-order valence-electron chi connectivity index (χ3n) is 4.08. The van der Waals surface area contributed by atoms with Crippen molar-refractivity contribution < 1.29 is 0 Å². The van der Waals surface area contributed by atoms with Crippen molar-refractivity contribution in [1.82, 2.24) is 15.1 Å². The Morgan fingerprint density at radius 1 is 1.30 bits per heavy atom. The van der Waals surface area contributed by atoms with Gasteiger partial charge in [-0.15, -0.1) is 0 Å². The minimum Gasteiger partial charge on any atom is -0.316 e. The van der Waals surface area contributed by atoms with E-state index in [1.165, 1.54) is 29.7 Å². The lowest BCUT2D eigenvalue weighted by atomic mass is 9.90. The van der Waals surface area contributed by atoms with E-state index < -0.39 is 0 Å². The normalized spacial score (nSPS) is 19.2. The number of aryl methyl sites for hydroxylation is 2. The second kappa shape index (κ2) is 5.70. The second-order valence-electron chi connectivity index (χ2n) is 5.52. The Morgan fingerprint density at radius 2 is 2.05 bits per heavy atom. The first kappa shape index (κ1) is 13.8. The monoisotopic (exact) mass is 333 g/mol. The van der Waals surface area contributed by atoms with Crippen LogP contribution in [-0.2, 0) is 7.05 Å². The van der Waals surface area contributed by atoms with Crippen LogP contribution < -0.4 is 5.32 Å². The van der Waals surface area contributed by atoms with E-state index in [0.29, 0.717) is 5.92 Å². The molecule has 0 aliphatic carbocycles. The van der Waals surface area contributed by atoms with Crippen molar-refractivity contribution in [3.63, 3.8) is 0 Å². The van der Waals surface area contributed by atoms with E-state index in [1.54, 1.807) is 0 Å². The second-order valence-corrected chi connectivity index (χ2v) is 6.44. The molecule has 1 N–H and O–H groups in total. The number of benzene rings is 1. The zero-order valence-electron chi connectivity index (χ0n) is 12.0. The maximum Gasteiger partial charge on any atom is 0.0675 e. The number of halogens is 1. The zero-order chi connectivity index (χ0) is 14.1. The fourth-order valence-corrected chi connectivity index (χ4v) is 3.47. The van der Waals surface area contributed by atoms with Crippen molar-refractivity contribution in [2.75, 3.05) is 13.1 Å². The molecule has 1 unspecified atom stereocenters. The van der Waals surface area contributed by atoms with Crippen LogP contribution in [0.4, 0.5) is 0 Å². The highest BCUT2D eigenvalue weighted by molar-refractivity contribution is 9.10. The first-order valence-corrected chi connectivity index (χ1v) is 7.96. The Morgan fingerprint density at radius 3 is 2.70 bits per heavy atom. The molecule has 0 bridgehead atoms. The van der Waals surface area contributed by atoms with Crippen molar-refractivity contribution in [1.29, 1.82) is 0 Å². The molecule has 1 aliphatic rings. The summed E-state index contributed by atoms with van der Waals surface area (Å²) in [6.07, 6.45) is 2.49. The minimum atomic E-state index is 0.564. The lowest BCUT2D eigenvalue weighted by Crippen LogP contribution is -2.29. The molecule has 20 heavy (non-hydrogen) atoms. The molecule has 3 nitrogen and oxygen atoms in total. The van der Waals surface area contributed by atoms with E-state index >= 15 is 0 Å². The Kier molecular flexibility index (Phi) is 3.94. The van der Waals surface area contributed by atoms with Crippen LogP contribution in [-0.4, -0.2) is 22.9 Å². The lowest BCUT2D eigenvalue weighted by molar-refractivity contribution is 0.442. The summed E-state index contributed by atoms with van der Waals surface area (Å²) in [7, 11) is 2.07. The van der Waals surface area contributed by atoms with Crippen molar-refractivity contribution in [3.8, 4) is 11.1 Å². The topological polar surface area (TPSA) is 29.9 Å². The molecule has 4 heteroatoms. The van der Waals surface area contributed by atoms with E-state index in [1.807, 2.05) is 0 Å². The van der Waals surface area contributed by atoms with Gasteiger partial charge in [-0.25, -0.2) is 0 Å². The van der Waals surface area contributed by atoms with Crippen LogP contribution in [0.25, 0.3) is 11.1 Å². The van der Waals surface area contributed by atoms with Crippen LogP contribution >= 0.6 is 15.9 Å². The molecule has 1 aromatic carbocycles. The average Bonchev–Trinajstić information content (AvgIpc) is 2.75. The van der Waals surface area contributed by atoms with Gasteiger partial charge in [0.15, 0.2) is 0 Å². The summed E-state index contributed by atoms with van der Waals surface area (Å²) >= 11 is 3.51. The van der Waals surface area contributed by atoms with Crippen LogP contribution in [0.5, 0.6) is 0 Å². The highest BCUT2D eigenvalue weighted by Crippen LogP contribution is 2.35. The Bertz CT molecular complexity index is 595. The van der Waals surface area contributed by atoms with Gasteiger partial charge in [0.1, 0.15) is 0 Å². The van der Waals surface area contributed by atoms with Crippen LogP contribution in [0.3, 0.4) is 0 Å². The molecule has 106 valence electrons. The maximum absolute atomic E-state index is 4.66. The lowest BCUT2D eigenvalue weighted by Gasteiger charge is -2.24. The first-order chi connectivity index (χ1) is 9.66. The van der Waals surface area contributed by atoms with E-state index in [2.05, 4.69) is 69.3 Å². The molecular weight excluding hydrogens is 314 g/mol. The van der Waals surface area contributed by atoms with Gasteiger partial charge in [-0.2, -0.15) is 5.10 Å². The molecule has 1 fully saturated rings. The summed E-state index contributed by atoms with van der Waals surface area (Å²) in [5, 5.41) is 8.17. The number of hydrogen-bond donors (Lipinski definition) is 1. The number of aromatic nitrogens is 2. The van der Waals surface area contributed by atoms with Gasteiger partial charge in [0.2, 0.25) is 0 Å². The summed E-state index contributed by atoms with van der Waals surface area (Å²) < 4.78 is 3.19. The standard InChI is InChI=1S/C16H20BrN3/c1-11-15(12-5-7-14(17)8-6-12)16(20(2)19-11)13-4-3-9-18-10-13/h5-8,13,18H,3-4,9-10H2,1-2H3. The molecule has 2 aromatic rings. The van der Waals surface area contributed by atoms with Crippen molar-refractivity contribution in [3.05, 3.63) is 40.1 Å². The number of nitrogens with one attached hydrogen (secondary N) is 1. The van der Waals surface area contributed by atoms with E-state index in [0.717, 1.165) is 23.3 Å². The van der Waals surface area contributed by atoms with Gasteiger partial charge in [-0.3, -0.25) is 4.68 Å². The molecule has 1 atom stereocenters. The first-order valence-electron chi connectivity index (χ1n) is 7.17. The highest BCUT2D eigenvalue weighted by Gasteiger charge is 2.24. The van der Waals surface area contributed by atoms with Crippen molar-refractivity contribution >= 4 is 15.9 Å². The van der Waals surface area contributed by atoms with Gasteiger partial charge >= 0.3 is 0 Å². The van der Waals surface area contributed by atoms with Gasteiger partial charge in [0.05, 0.1) is 11.4 Å². The summed E-state index contributed by atoms with van der Waals surface area (Å²) in [6.45, 7) is 4.31. The van der Waals surface area contributed by atoms with E-state index in [-0.39, 0.29) is 0 Å². The third-order valence-corrected chi connectivity index (χ3v) is 4.61. The molecule has 2 heterocycles. The third kappa shape index (κ3) is 2.54. The zero-order valence-corrected chi connectivity index (χ0v) is 13.6. The molecular formula is C16H20BrN3. The molecule has 3 rings (SSSR count). The maximum atomic E-state index is 4.66. The van der Waals surface area contributed by atoms with Crippen molar-refractivity contribution in [2.45, 2.75) is 25.7 Å². The van der Waals surface area contributed by atoms with Crippen LogP contribution in [0.1, 0.15) is 30.1 Å². The minimum absolute atomic E-state index is 0.564. The quantitative estimate of drug-likeness (QED) is 0.909. The molecule has 0 spiro atoms.